The number of phenolic OH excluding ortho intramolecular Hbond substituents is 1. The topological polar surface area (TPSA) is 46.2 Å². The van der Waals surface area contributed by atoms with Gasteiger partial charge in [-0.1, -0.05) is 13.3 Å². The minimum absolute atomic E-state index is 0.236. The van der Waals surface area contributed by atoms with Gasteiger partial charge in [-0.2, -0.15) is 13.2 Å². The van der Waals surface area contributed by atoms with E-state index in [0.717, 1.165) is 0 Å². The van der Waals surface area contributed by atoms with Gasteiger partial charge in [0.1, 0.15) is 0 Å². The van der Waals surface area contributed by atoms with Gasteiger partial charge in [-0.15, -0.1) is 0 Å². The molecule has 3 N–H and O–H groups in total. The molecule has 0 amide bonds. The molecule has 0 saturated carbocycles. The molecular weight excluding hydrogens is 238 g/mol. The molecule has 0 bridgehead atoms. The predicted octanol–water partition coefficient (Wildman–Crippen LogP) is 3.35. The van der Waals surface area contributed by atoms with Crippen molar-refractivity contribution in [3.05, 3.63) is 29.1 Å². The molecule has 17 heavy (non-hydrogen) atoms. The number of nitrogens with two attached hydrogens (primary N) is 1. The molecule has 1 aromatic carbocycles. The maximum Gasteiger partial charge on any atom is 0.416 e. The van der Waals surface area contributed by atoms with Crippen LogP contribution < -0.4 is 5.73 Å². The number of rotatable bonds is 3. The predicted molar refractivity (Wildman–Crippen MR) is 54.9 cm³/mol. The molecule has 0 saturated heterocycles. The van der Waals surface area contributed by atoms with Crippen LogP contribution in [0.5, 0.6) is 5.75 Å². The normalized spacial score (nSPS) is 13.8. The van der Waals surface area contributed by atoms with Crippen molar-refractivity contribution < 1.29 is 22.7 Å². The van der Waals surface area contributed by atoms with Crippen LogP contribution in [-0.4, -0.2) is 5.11 Å². The Balaban J connectivity index is 3.36. The third kappa shape index (κ3) is 2.88. The molecule has 1 rings (SSSR count). The second kappa shape index (κ2) is 4.91. The third-order valence-electron chi connectivity index (χ3n) is 2.44. The van der Waals surface area contributed by atoms with Crippen LogP contribution in [0.25, 0.3) is 0 Å². The number of aromatic hydroxyl groups is 1. The first kappa shape index (κ1) is 13.8. The van der Waals surface area contributed by atoms with E-state index in [1.807, 2.05) is 0 Å². The molecule has 0 radical (unpaired) electrons. The molecule has 0 aliphatic rings. The minimum Gasteiger partial charge on any atom is -0.505 e. The quantitative estimate of drug-likeness (QED) is 0.809. The lowest BCUT2D eigenvalue weighted by Crippen LogP contribution is -2.18. The number of phenols is 1. The Morgan fingerprint density at radius 1 is 1.35 bits per heavy atom. The number of alkyl halides is 3. The van der Waals surface area contributed by atoms with Gasteiger partial charge in [0.25, 0.3) is 0 Å². The van der Waals surface area contributed by atoms with Crippen molar-refractivity contribution in [1.82, 2.24) is 0 Å². The molecule has 0 aliphatic carbocycles. The van der Waals surface area contributed by atoms with Crippen LogP contribution in [0, 0.1) is 5.82 Å². The lowest BCUT2D eigenvalue weighted by Gasteiger charge is -2.19. The van der Waals surface area contributed by atoms with Crippen molar-refractivity contribution in [1.29, 1.82) is 0 Å². The zero-order valence-electron chi connectivity index (χ0n) is 9.18. The summed E-state index contributed by atoms with van der Waals surface area (Å²) in [7, 11) is 0. The number of halogens is 4. The fraction of sp³-hybridized carbons (Fsp3) is 0.455. The van der Waals surface area contributed by atoms with Crippen LogP contribution in [0.1, 0.15) is 36.9 Å². The molecule has 1 atom stereocenters. The highest BCUT2D eigenvalue weighted by Crippen LogP contribution is 2.40. The van der Waals surface area contributed by atoms with Gasteiger partial charge in [0.15, 0.2) is 11.6 Å². The van der Waals surface area contributed by atoms with Gasteiger partial charge in [0.05, 0.1) is 5.56 Å². The smallest absolute Gasteiger partial charge is 0.416 e. The van der Waals surface area contributed by atoms with Crippen LogP contribution >= 0.6 is 0 Å². The highest BCUT2D eigenvalue weighted by atomic mass is 19.4. The van der Waals surface area contributed by atoms with Gasteiger partial charge in [-0.3, -0.25) is 0 Å². The zero-order chi connectivity index (χ0) is 13.2. The summed E-state index contributed by atoms with van der Waals surface area (Å²) in [6.07, 6.45) is -3.89. The standard InChI is InChI=1S/C11H13F4NO/c1-2-3-8(16)9-6(11(13,14)15)4-5-7(12)10(9)17/h4-5,8,17H,2-3,16H2,1H3/t8-/m1/s1. The van der Waals surface area contributed by atoms with Gasteiger partial charge in [0.2, 0.25) is 0 Å². The van der Waals surface area contributed by atoms with Crippen molar-refractivity contribution in [2.24, 2.45) is 5.73 Å². The Labute approximate surface area is 96.1 Å². The Hall–Kier alpha value is -1.30. The van der Waals surface area contributed by atoms with E-state index in [2.05, 4.69) is 0 Å². The molecule has 0 heterocycles. The number of hydrogen-bond acceptors (Lipinski definition) is 2. The van der Waals surface area contributed by atoms with Crippen LogP contribution in [0.3, 0.4) is 0 Å². The summed E-state index contributed by atoms with van der Waals surface area (Å²) in [5, 5.41) is 9.38. The summed E-state index contributed by atoms with van der Waals surface area (Å²) in [4.78, 5) is 0. The summed E-state index contributed by atoms with van der Waals surface area (Å²) < 4.78 is 51.1. The second-order valence-corrected chi connectivity index (χ2v) is 3.75. The molecular formula is C11H13F4NO. The third-order valence-corrected chi connectivity index (χ3v) is 2.44. The molecule has 0 unspecified atom stereocenters. The molecule has 0 spiro atoms. The number of benzene rings is 1. The highest BCUT2D eigenvalue weighted by Gasteiger charge is 2.36. The summed E-state index contributed by atoms with van der Waals surface area (Å²) in [6, 6.07) is 0.146. The highest BCUT2D eigenvalue weighted by molar-refractivity contribution is 5.44. The maximum atomic E-state index is 13.1. The van der Waals surface area contributed by atoms with Gasteiger partial charge in [-0.05, 0) is 18.6 Å². The van der Waals surface area contributed by atoms with E-state index in [0.29, 0.717) is 18.6 Å². The largest absolute Gasteiger partial charge is 0.505 e. The van der Waals surface area contributed by atoms with Gasteiger partial charge in [-0.25, -0.2) is 4.39 Å². The molecule has 0 aromatic heterocycles. The zero-order valence-corrected chi connectivity index (χ0v) is 9.18. The SMILES string of the molecule is CCC[C@@H](N)c1c(C(F)(F)F)ccc(F)c1O. The van der Waals surface area contributed by atoms with Crippen LogP contribution in [0.4, 0.5) is 17.6 Å². The average Bonchev–Trinajstić information content (AvgIpc) is 2.20. The molecule has 0 fully saturated rings. The van der Waals surface area contributed by atoms with Crippen molar-refractivity contribution in [2.45, 2.75) is 32.0 Å². The molecule has 0 aliphatic heterocycles. The first-order valence-corrected chi connectivity index (χ1v) is 5.13. The molecule has 2 nitrogen and oxygen atoms in total. The van der Waals surface area contributed by atoms with Crippen LogP contribution in [-0.2, 0) is 6.18 Å². The lowest BCUT2D eigenvalue weighted by atomic mass is 9.96. The van der Waals surface area contributed by atoms with Crippen molar-refractivity contribution in [2.75, 3.05) is 0 Å². The Morgan fingerprint density at radius 2 is 1.94 bits per heavy atom. The maximum absolute atomic E-state index is 13.1. The monoisotopic (exact) mass is 251 g/mol. The Bertz CT molecular complexity index is 403. The lowest BCUT2D eigenvalue weighted by molar-refractivity contribution is -0.138. The average molecular weight is 251 g/mol. The first-order valence-electron chi connectivity index (χ1n) is 5.13. The van der Waals surface area contributed by atoms with E-state index in [9.17, 15) is 22.7 Å². The van der Waals surface area contributed by atoms with E-state index in [4.69, 9.17) is 5.73 Å². The van der Waals surface area contributed by atoms with Crippen molar-refractivity contribution >= 4 is 0 Å². The summed E-state index contributed by atoms with van der Waals surface area (Å²) in [5.74, 6) is -2.11. The molecule has 6 heteroatoms. The van der Waals surface area contributed by atoms with E-state index in [1.54, 1.807) is 6.92 Å². The van der Waals surface area contributed by atoms with E-state index in [-0.39, 0.29) is 6.42 Å². The second-order valence-electron chi connectivity index (χ2n) is 3.75. The first-order chi connectivity index (χ1) is 7.79. The van der Waals surface area contributed by atoms with Crippen molar-refractivity contribution in [3.8, 4) is 5.75 Å². The minimum atomic E-state index is -4.66. The van der Waals surface area contributed by atoms with Gasteiger partial charge >= 0.3 is 6.18 Å². The summed E-state index contributed by atoms with van der Waals surface area (Å²) >= 11 is 0. The van der Waals surface area contributed by atoms with E-state index >= 15 is 0 Å². The van der Waals surface area contributed by atoms with E-state index in [1.165, 1.54) is 0 Å². The molecule has 96 valence electrons. The van der Waals surface area contributed by atoms with Gasteiger partial charge < -0.3 is 10.8 Å². The fourth-order valence-corrected chi connectivity index (χ4v) is 1.66. The Morgan fingerprint density at radius 3 is 2.41 bits per heavy atom. The number of hydrogen-bond donors (Lipinski definition) is 2. The van der Waals surface area contributed by atoms with Crippen LogP contribution in [0.15, 0.2) is 12.1 Å². The van der Waals surface area contributed by atoms with Crippen molar-refractivity contribution in [3.63, 3.8) is 0 Å². The van der Waals surface area contributed by atoms with Crippen LogP contribution in [0.2, 0.25) is 0 Å². The Kier molecular flexibility index (Phi) is 3.98. The fourth-order valence-electron chi connectivity index (χ4n) is 1.66. The van der Waals surface area contributed by atoms with E-state index < -0.39 is 34.9 Å². The molecule has 1 aromatic rings. The van der Waals surface area contributed by atoms with Gasteiger partial charge in [0, 0.05) is 11.6 Å². The summed E-state index contributed by atoms with van der Waals surface area (Å²) in [5.41, 5.74) is 3.89. The summed E-state index contributed by atoms with van der Waals surface area (Å²) in [6.45, 7) is 1.74.